The van der Waals surface area contributed by atoms with E-state index >= 15 is 0 Å². The van der Waals surface area contributed by atoms with Gasteiger partial charge in [-0.25, -0.2) is 5.90 Å². The van der Waals surface area contributed by atoms with Crippen LogP contribution in [-0.4, -0.2) is 13.2 Å². The second kappa shape index (κ2) is 6.84. The van der Waals surface area contributed by atoms with Crippen molar-refractivity contribution in [3.63, 3.8) is 0 Å². The van der Waals surface area contributed by atoms with Crippen LogP contribution in [0.1, 0.15) is 12.8 Å². The van der Waals surface area contributed by atoms with E-state index < -0.39 is 0 Å². The molecule has 0 bridgehead atoms. The molecule has 0 unspecified atom stereocenters. The van der Waals surface area contributed by atoms with Crippen LogP contribution in [0.15, 0.2) is 0 Å². The van der Waals surface area contributed by atoms with Crippen molar-refractivity contribution in [2.24, 2.45) is 11.7 Å². The van der Waals surface area contributed by atoms with Gasteiger partial charge < -0.3 is 4.84 Å². The summed E-state index contributed by atoms with van der Waals surface area (Å²) in [6.45, 7) is 1.44. The minimum atomic E-state index is 0.613. The second-order valence-corrected chi connectivity index (χ2v) is 1.53. The fourth-order valence-electron chi connectivity index (χ4n) is 0.412. The average molecular weight is 119 g/mol. The average Bonchev–Trinajstić information content (AvgIpc) is 1.81. The first-order valence-electron chi connectivity index (χ1n) is 2.67. The van der Waals surface area contributed by atoms with Crippen molar-refractivity contribution >= 4 is 0 Å². The summed E-state index contributed by atoms with van der Waals surface area (Å²) in [5, 5.41) is 0. The summed E-state index contributed by atoms with van der Waals surface area (Å²) in [6.07, 6.45) is 1.97. The first-order valence-corrected chi connectivity index (χ1v) is 2.67. The van der Waals surface area contributed by atoms with E-state index in [1.165, 1.54) is 0 Å². The molecule has 0 fully saturated rings. The number of hydrogen-bond donors (Lipinski definition) is 3. The van der Waals surface area contributed by atoms with Crippen molar-refractivity contribution in [2.75, 3.05) is 13.2 Å². The van der Waals surface area contributed by atoms with Gasteiger partial charge in [0.15, 0.2) is 0 Å². The van der Waals surface area contributed by atoms with Crippen LogP contribution < -0.4 is 17.2 Å². The van der Waals surface area contributed by atoms with Crippen molar-refractivity contribution in [1.82, 2.24) is 5.43 Å². The molecule has 5 N–H and O–H groups in total. The molecule has 0 heterocycles. The number of hydrazine groups is 1. The lowest BCUT2D eigenvalue weighted by molar-refractivity contribution is 0.134. The largest absolute Gasteiger partial charge is 0.305 e. The molecule has 0 radical (unpaired) electrons. The van der Waals surface area contributed by atoms with Crippen LogP contribution in [0.25, 0.3) is 0 Å². The lowest BCUT2D eigenvalue weighted by Crippen LogP contribution is -2.23. The topological polar surface area (TPSA) is 73.3 Å². The highest BCUT2D eigenvalue weighted by molar-refractivity contribution is 4.38. The molecule has 8 heavy (non-hydrogen) atoms. The minimum Gasteiger partial charge on any atom is -0.305 e. The smallest absolute Gasteiger partial charge is 0.0679 e. The van der Waals surface area contributed by atoms with Gasteiger partial charge >= 0.3 is 0 Å². The maximum Gasteiger partial charge on any atom is 0.0679 e. The van der Waals surface area contributed by atoms with Gasteiger partial charge in [-0.15, -0.1) is 0 Å². The SMILES string of the molecule is NNCCCCON. The predicted octanol–water partition coefficient (Wildman–Crippen LogP) is -0.880. The number of nitrogens with one attached hydrogen (secondary N) is 1. The molecule has 0 aromatic carbocycles. The van der Waals surface area contributed by atoms with E-state index in [0.29, 0.717) is 6.61 Å². The Balaban J connectivity index is 2.53. The van der Waals surface area contributed by atoms with Gasteiger partial charge in [-0.1, -0.05) is 0 Å². The van der Waals surface area contributed by atoms with E-state index in [-0.39, 0.29) is 0 Å². The summed E-state index contributed by atoms with van der Waals surface area (Å²) >= 11 is 0. The summed E-state index contributed by atoms with van der Waals surface area (Å²) in [4.78, 5) is 4.32. The Bertz CT molecular complexity index is 36.3. The molecule has 0 amide bonds. The Hall–Kier alpha value is -0.160. The third kappa shape index (κ3) is 5.84. The van der Waals surface area contributed by atoms with Crippen LogP contribution in [0.5, 0.6) is 0 Å². The molecule has 0 saturated heterocycles. The lowest BCUT2D eigenvalue weighted by Gasteiger charge is -1.96. The highest BCUT2D eigenvalue weighted by Crippen LogP contribution is 1.83. The van der Waals surface area contributed by atoms with E-state index in [0.717, 1.165) is 19.4 Å². The summed E-state index contributed by atoms with van der Waals surface area (Å²) in [5.74, 6) is 9.75. The molecule has 50 valence electrons. The van der Waals surface area contributed by atoms with Crippen LogP contribution in [0, 0.1) is 0 Å². The van der Waals surface area contributed by atoms with E-state index in [4.69, 9.17) is 11.7 Å². The van der Waals surface area contributed by atoms with Crippen molar-refractivity contribution in [3.8, 4) is 0 Å². The van der Waals surface area contributed by atoms with Gasteiger partial charge in [-0.3, -0.25) is 11.3 Å². The van der Waals surface area contributed by atoms with Crippen molar-refractivity contribution in [3.05, 3.63) is 0 Å². The zero-order chi connectivity index (χ0) is 6.24. The maximum atomic E-state index is 4.99. The van der Waals surface area contributed by atoms with E-state index in [1.807, 2.05) is 0 Å². The number of hydrogen-bond acceptors (Lipinski definition) is 4. The van der Waals surface area contributed by atoms with Gasteiger partial charge in [-0.2, -0.15) is 0 Å². The molecule has 0 aliphatic rings. The first-order chi connectivity index (χ1) is 3.91. The predicted molar refractivity (Wildman–Crippen MR) is 31.6 cm³/mol. The molecule has 0 aliphatic heterocycles. The van der Waals surface area contributed by atoms with Gasteiger partial charge in [0.2, 0.25) is 0 Å². The van der Waals surface area contributed by atoms with Crippen LogP contribution in [-0.2, 0) is 4.84 Å². The van der Waals surface area contributed by atoms with Crippen LogP contribution >= 0.6 is 0 Å². The van der Waals surface area contributed by atoms with Crippen molar-refractivity contribution in [2.45, 2.75) is 12.8 Å². The van der Waals surface area contributed by atoms with E-state index in [2.05, 4.69) is 10.3 Å². The maximum absolute atomic E-state index is 4.99. The molecule has 0 aromatic rings. The molecular formula is C4H13N3O. The molecule has 0 spiro atoms. The summed E-state index contributed by atoms with van der Waals surface area (Å²) in [7, 11) is 0. The molecule has 4 nitrogen and oxygen atoms in total. The third-order valence-corrected chi connectivity index (χ3v) is 0.833. The zero-order valence-electron chi connectivity index (χ0n) is 4.89. The summed E-state index contributed by atoms with van der Waals surface area (Å²) in [6, 6.07) is 0. The fraction of sp³-hybridized carbons (Fsp3) is 1.00. The van der Waals surface area contributed by atoms with Gasteiger partial charge in [0.1, 0.15) is 0 Å². The van der Waals surface area contributed by atoms with Crippen molar-refractivity contribution in [1.29, 1.82) is 0 Å². The minimum absolute atomic E-state index is 0.613. The number of unbranched alkanes of at least 4 members (excludes halogenated alkanes) is 1. The zero-order valence-corrected chi connectivity index (χ0v) is 4.89. The normalized spacial score (nSPS) is 9.75. The quantitative estimate of drug-likeness (QED) is 0.249. The van der Waals surface area contributed by atoms with Gasteiger partial charge in [-0.05, 0) is 12.8 Å². The summed E-state index contributed by atoms with van der Waals surface area (Å²) < 4.78 is 0. The van der Waals surface area contributed by atoms with Crippen molar-refractivity contribution < 1.29 is 4.84 Å². The Morgan fingerprint density at radius 1 is 1.38 bits per heavy atom. The second-order valence-electron chi connectivity index (χ2n) is 1.53. The van der Waals surface area contributed by atoms with Crippen LogP contribution in [0.3, 0.4) is 0 Å². The number of rotatable bonds is 5. The molecule has 0 saturated carbocycles. The Morgan fingerprint density at radius 2 is 2.12 bits per heavy atom. The molecule has 0 aliphatic carbocycles. The summed E-state index contributed by atoms with van der Waals surface area (Å²) in [5.41, 5.74) is 2.53. The third-order valence-electron chi connectivity index (χ3n) is 0.833. The van der Waals surface area contributed by atoms with E-state index in [9.17, 15) is 0 Å². The van der Waals surface area contributed by atoms with Crippen LogP contribution in [0.4, 0.5) is 0 Å². The standard InChI is InChI=1S/C4H13N3O/c5-7-3-1-2-4-8-6/h7H,1-6H2. The molecule has 0 atom stereocenters. The molecule has 4 heteroatoms. The fourth-order valence-corrected chi connectivity index (χ4v) is 0.412. The monoisotopic (exact) mass is 119 g/mol. The van der Waals surface area contributed by atoms with Crippen LogP contribution in [0.2, 0.25) is 0 Å². The highest BCUT2D eigenvalue weighted by atomic mass is 16.6. The van der Waals surface area contributed by atoms with Gasteiger partial charge in [0.25, 0.3) is 0 Å². The van der Waals surface area contributed by atoms with Gasteiger partial charge in [0, 0.05) is 6.54 Å². The molecule has 0 aromatic heterocycles. The lowest BCUT2D eigenvalue weighted by atomic mass is 10.3. The van der Waals surface area contributed by atoms with Gasteiger partial charge in [0.05, 0.1) is 6.61 Å². The first kappa shape index (κ1) is 7.84. The van der Waals surface area contributed by atoms with E-state index in [1.54, 1.807) is 0 Å². The molecule has 0 rings (SSSR count). The Kier molecular flexibility index (Phi) is 6.70. The number of nitrogens with two attached hydrogens (primary N) is 2. The highest BCUT2D eigenvalue weighted by Gasteiger charge is 1.83. The molecular weight excluding hydrogens is 106 g/mol. The Labute approximate surface area is 49.1 Å². The Morgan fingerprint density at radius 3 is 2.62 bits per heavy atom.